The SMILES string of the molecule is COc1c(Cl)c([C@@H]2c3cc4c(cc3[C@@H](OC(=O)c3cccc([N+](=O)[O-])c3)[C@H]3COC(=O)[C@H]23)OCO4)c(Cl)c(OC)c1OC. The number of nitro benzene ring substituents is 1. The lowest BCUT2D eigenvalue weighted by Gasteiger charge is -2.39. The molecule has 0 amide bonds. The minimum atomic E-state index is -1.01. The minimum absolute atomic E-state index is 0.0314. The van der Waals surface area contributed by atoms with Gasteiger partial charge in [-0.05, 0) is 23.8 Å². The monoisotopic (exact) mass is 631 g/mol. The smallest absolute Gasteiger partial charge is 0.339 e. The van der Waals surface area contributed by atoms with Crippen LogP contribution in [-0.2, 0) is 14.3 Å². The van der Waals surface area contributed by atoms with E-state index in [4.69, 9.17) is 56.4 Å². The van der Waals surface area contributed by atoms with E-state index in [0.717, 1.165) is 6.07 Å². The summed E-state index contributed by atoms with van der Waals surface area (Å²) < 4.78 is 39.4. The Bertz CT molecular complexity index is 1650. The molecule has 1 saturated heterocycles. The molecule has 6 rings (SSSR count). The lowest BCUT2D eigenvalue weighted by molar-refractivity contribution is -0.384. The Labute approximate surface area is 254 Å². The zero-order chi connectivity index (χ0) is 30.6. The van der Waals surface area contributed by atoms with Crippen molar-refractivity contribution >= 4 is 40.8 Å². The highest BCUT2D eigenvalue weighted by molar-refractivity contribution is 6.38. The van der Waals surface area contributed by atoms with Gasteiger partial charge in [0, 0.05) is 35.1 Å². The summed E-state index contributed by atoms with van der Waals surface area (Å²) in [5, 5.41) is 11.5. The van der Waals surface area contributed by atoms with E-state index in [1.807, 2.05) is 0 Å². The molecule has 0 bridgehead atoms. The van der Waals surface area contributed by atoms with Gasteiger partial charge in [0.15, 0.2) is 23.0 Å². The maximum atomic E-state index is 13.4. The Morgan fingerprint density at radius 2 is 1.56 bits per heavy atom. The van der Waals surface area contributed by atoms with Gasteiger partial charge in [-0.1, -0.05) is 29.3 Å². The predicted molar refractivity (Wildman–Crippen MR) is 150 cm³/mol. The minimum Gasteiger partial charge on any atom is -0.491 e. The van der Waals surface area contributed by atoms with E-state index in [9.17, 15) is 19.7 Å². The Morgan fingerprint density at radius 3 is 2.16 bits per heavy atom. The van der Waals surface area contributed by atoms with Gasteiger partial charge in [0.05, 0.1) is 54.4 Å². The Morgan fingerprint density at radius 1 is 0.930 bits per heavy atom. The molecule has 224 valence electrons. The molecule has 14 heteroatoms. The summed E-state index contributed by atoms with van der Waals surface area (Å²) in [6.45, 7) is -0.123. The molecule has 12 nitrogen and oxygen atoms in total. The van der Waals surface area contributed by atoms with Crippen molar-refractivity contribution in [3.63, 3.8) is 0 Å². The third kappa shape index (κ3) is 4.52. The van der Waals surface area contributed by atoms with Gasteiger partial charge < -0.3 is 33.2 Å². The Balaban J connectivity index is 1.55. The Hall–Kier alpha value is -4.42. The van der Waals surface area contributed by atoms with Crippen LogP contribution in [0.3, 0.4) is 0 Å². The van der Waals surface area contributed by atoms with Crippen LogP contribution in [0.25, 0.3) is 0 Å². The summed E-state index contributed by atoms with van der Waals surface area (Å²) in [5.74, 6) is -2.57. The highest BCUT2D eigenvalue weighted by Gasteiger charge is 2.55. The molecule has 2 heterocycles. The lowest BCUT2D eigenvalue weighted by atomic mass is 9.66. The molecule has 1 aliphatic carbocycles. The first kappa shape index (κ1) is 28.7. The largest absolute Gasteiger partial charge is 0.491 e. The van der Waals surface area contributed by atoms with Gasteiger partial charge in [-0.2, -0.15) is 0 Å². The van der Waals surface area contributed by atoms with Gasteiger partial charge in [-0.3, -0.25) is 14.9 Å². The van der Waals surface area contributed by atoms with E-state index in [2.05, 4.69) is 0 Å². The topological polar surface area (TPSA) is 142 Å². The van der Waals surface area contributed by atoms with Crippen LogP contribution in [0.4, 0.5) is 5.69 Å². The van der Waals surface area contributed by atoms with Gasteiger partial charge in [0.1, 0.15) is 6.10 Å². The number of rotatable bonds is 7. The van der Waals surface area contributed by atoms with E-state index in [1.165, 1.54) is 39.5 Å². The quantitative estimate of drug-likeness (QED) is 0.185. The third-order valence-electron chi connectivity index (χ3n) is 7.85. The fourth-order valence-electron chi connectivity index (χ4n) is 6.01. The highest BCUT2D eigenvalue weighted by atomic mass is 35.5. The van der Waals surface area contributed by atoms with Crippen molar-refractivity contribution in [1.82, 2.24) is 0 Å². The van der Waals surface area contributed by atoms with Crippen molar-refractivity contribution in [1.29, 1.82) is 0 Å². The van der Waals surface area contributed by atoms with Crippen molar-refractivity contribution < 1.29 is 47.7 Å². The summed E-state index contributed by atoms with van der Waals surface area (Å²) in [7, 11) is 4.22. The second kappa shape index (κ2) is 11.0. The van der Waals surface area contributed by atoms with Crippen molar-refractivity contribution in [2.45, 2.75) is 12.0 Å². The highest BCUT2D eigenvalue weighted by Crippen LogP contribution is 2.60. The fraction of sp³-hybridized carbons (Fsp3) is 0.310. The van der Waals surface area contributed by atoms with Gasteiger partial charge in [-0.15, -0.1) is 0 Å². The standard InChI is InChI=1S/C29H23Cl2NO11/c1-37-25-22(30)21(23(31)26(38-2)27(25)39-3)19-14-8-17-18(42-11-41-17)9-15(14)24(16-10-40-29(34)20(16)19)43-28(33)12-5-4-6-13(7-12)32(35)36/h4-9,16,19-20,24H,10-11H2,1-3H3/t16-,19+,20-,24+/m0/s1. The first-order valence-corrected chi connectivity index (χ1v) is 13.7. The molecule has 0 saturated carbocycles. The van der Waals surface area contributed by atoms with Crippen molar-refractivity contribution in [2.24, 2.45) is 11.8 Å². The average Bonchev–Trinajstić information content (AvgIpc) is 3.63. The van der Waals surface area contributed by atoms with E-state index in [0.29, 0.717) is 28.2 Å². The number of hydrogen-bond donors (Lipinski definition) is 0. The number of esters is 2. The van der Waals surface area contributed by atoms with Crippen LogP contribution in [0.2, 0.25) is 10.0 Å². The van der Waals surface area contributed by atoms with Crippen LogP contribution < -0.4 is 23.7 Å². The molecule has 1 fully saturated rings. The summed E-state index contributed by atoms with van der Waals surface area (Å²) in [6, 6.07) is 8.55. The first-order valence-electron chi connectivity index (χ1n) is 12.9. The average molecular weight is 632 g/mol. The normalized spacial score (nSPS) is 21.4. The number of hydrogen-bond acceptors (Lipinski definition) is 11. The van der Waals surface area contributed by atoms with E-state index >= 15 is 0 Å². The van der Waals surface area contributed by atoms with Crippen LogP contribution in [0, 0.1) is 22.0 Å². The molecule has 3 aromatic carbocycles. The molecule has 3 aliphatic rings. The summed E-state index contributed by atoms with van der Waals surface area (Å²) in [5.41, 5.74) is 1.02. The molecule has 3 aromatic rings. The lowest BCUT2D eigenvalue weighted by Crippen LogP contribution is -2.37. The number of ether oxygens (including phenoxy) is 7. The first-order chi connectivity index (χ1) is 20.7. The van der Waals surface area contributed by atoms with Gasteiger partial charge in [0.25, 0.3) is 5.69 Å². The summed E-state index contributed by atoms with van der Waals surface area (Å²) in [6.07, 6.45) is -1.01. The number of carbonyl (C=O) groups excluding carboxylic acids is 2. The van der Waals surface area contributed by atoms with Crippen molar-refractivity contribution in [2.75, 3.05) is 34.7 Å². The number of non-ortho nitro benzene ring substituents is 1. The van der Waals surface area contributed by atoms with Crippen molar-refractivity contribution in [3.05, 3.63) is 78.8 Å². The zero-order valence-corrected chi connectivity index (χ0v) is 24.4. The van der Waals surface area contributed by atoms with Crippen LogP contribution >= 0.6 is 23.2 Å². The second-order valence-electron chi connectivity index (χ2n) is 9.91. The molecular weight excluding hydrogens is 609 g/mol. The number of halogens is 2. The van der Waals surface area contributed by atoms with Gasteiger partial charge in [-0.25, -0.2) is 4.79 Å². The number of fused-ring (bicyclic) bond motifs is 3. The maximum absolute atomic E-state index is 13.4. The molecule has 0 N–H and O–H groups in total. The molecule has 43 heavy (non-hydrogen) atoms. The van der Waals surface area contributed by atoms with E-state index in [-0.39, 0.29) is 51.9 Å². The molecule has 4 atom stereocenters. The molecule has 0 spiro atoms. The van der Waals surface area contributed by atoms with Crippen molar-refractivity contribution in [3.8, 4) is 28.7 Å². The number of benzene rings is 3. The molecule has 2 aliphatic heterocycles. The number of methoxy groups -OCH3 is 3. The number of carbonyl (C=O) groups is 2. The van der Waals surface area contributed by atoms with E-state index in [1.54, 1.807) is 12.1 Å². The molecule has 0 aromatic heterocycles. The fourth-order valence-corrected chi connectivity index (χ4v) is 6.81. The number of cyclic esters (lactones) is 1. The molecular formula is C29H23Cl2NO11. The summed E-state index contributed by atoms with van der Waals surface area (Å²) in [4.78, 5) is 37.5. The molecule has 0 unspecified atom stereocenters. The van der Waals surface area contributed by atoms with E-state index < -0.39 is 40.7 Å². The third-order valence-corrected chi connectivity index (χ3v) is 8.60. The number of nitro groups is 1. The van der Waals surface area contributed by atoms with Crippen LogP contribution in [0.15, 0.2) is 36.4 Å². The summed E-state index contributed by atoms with van der Waals surface area (Å²) >= 11 is 13.9. The van der Waals surface area contributed by atoms with Crippen LogP contribution in [-0.4, -0.2) is 51.6 Å². The zero-order valence-electron chi connectivity index (χ0n) is 22.9. The number of nitrogens with zero attached hydrogens (tertiary/aromatic N) is 1. The Kier molecular flexibility index (Phi) is 7.35. The van der Waals surface area contributed by atoms with Crippen LogP contribution in [0.5, 0.6) is 28.7 Å². The predicted octanol–water partition coefficient (Wildman–Crippen LogP) is 5.49. The molecule has 0 radical (unpaired) electrons. The van der Waals surface area contributed by atoms with Gasteiger partial charge >= 0.3 is 11.9 Å². The maximum Gasteiger partial charge on any atom is 0.339 e. The van der Waals surface area contributed by atoms with Gasteiger partial charge in [0.2, 0.25) is 12.5 Å². The van der Waals surface area contributed by atoms with Crippen LogP contribution in [0.1, 0.15) is 39.1 Å². The second-order valence-corrected chi connectivity index (χ2v) is 10.7.